The highest BCUT2D eigenvalue weighted by Crippen LogP contribution is 2.26. The first-order valence-electron chi connectivity index (χ1n) is 4.43. The Labute approximate surface area is 87.2 Å². The van der Waals surface area contributed by atoms with Crippen molar-refractivity contribution in [2.45, 2.75) is 0 Å². The summed E-state index contributed by atoms with van der Waals surface area (Å²) in [6, 6.07) is 4.24. The Morgan fingerprint density at radius 1 is 1.60 bits per heavy atom. The zero-order valence-corrected chi connectivity index (χ0v) is 8.30. The number of likely N-dealkylation sites (N-methyl/N-ethyl adjacent to an activating group) is 1. The summed E-state index contributed by atoms with van der Waals surface area (Å²) in [7, 11) is 1.82. The van der Waals surface area contributed by atoms with Crippen molar-refractivity contribution >= 4 is 11.8 Å². The highest BCUT2D eigenvalue weighted by atomic mass is 16.6. The fourth-order valence-electron chi connectivity index (χ4n) is 1.11. The molecule has 1 aromatic rings. The van der Waals surface area contributed by atoms with E-state index in [0.29, 0.717) is 6.54 Å². The first-order valence-corrected chi connectivity index (χ1v) is 4.43. The summed E-state index contributed by atoms with van der Waals surface area (Å²) in [5.41, 5.74) is 0.453. The maximum atomic E-state index is 10.4. The van der Waals surface area contributed by atoms with Crippen molar-refractivity contribution in [3.63, 3.8) is 0 Å². The second kappa shape index (κ2) is 5.11. The number of nitrogens with one attached hydrogen (secondary N) is 1. The number of benzene rings is 1. The fourth-order valence-corrected chi connectivity index (χ4v) is 1.11. The van der Waals surface area contributed by atoms with E-state index in [1.54, 1.807) is 12.1 Å². The van der Waals surface area contributed by atoms with Gasteiger partial charge in [0.1, 0.15) is 0 Å². The molecule has 0 saturated heterocycles. The number of hydrogen-bond acceptors (Lipinski definition) is 4. The summed E-state index contributed by atoms with van der Waals surface area (Å²) >= 11 is 0. The standard InChI is InChI=1S/C10H12N2O3/c1-11-6-2-3-8-4-5-9(12(14)15)10(13)7-8/h2-5,7,11,13H,6H2,1H3. The lowest BCUT2D eigenvalue weighted by atomic mass is 10.2. The maximum Gasteiger partial charge on any atom is 0.310 e. The summed E-state index contributed by atoms with van der Waals surface area (Å²) in [4.78, 5) is 9.80. The largest absolute Gasteiger partial charge is 0.502 e. The molecule has 1 aromatic carbocycles. The van der Waals surface area contributed by atoms with E-state index in [0.717, 1.165) is 5.56 Å². The Hall–Kier alpha value is -1.88. The molecule has 1 rings (SSSR count). The van der Waals surface area contributed by atoms with Crippen LogP contribution in [0.4, 0.5) is 5.69 Å². The number of aromatic hydroxyl groups is 1. The van der Waals surface area contributed by atoms with Gasteiger partial charge in [0.2, 0.25) is 0 Å². The van der Waals surface area contributed by atoms with Crippen molar-refractivity contribution in [3.05, 3.63) is 40.0 Å². The van der Waals surface area contributed by atoms with Crippen molar-refractivity contribution in [3.8, 4) is 5.75 Å². The van der Waals surface area contributed by atoms with E-state index in [9.17, 15) is 15.2 Å². The van der Waals surface area contributed by atoms with Crippen LogP contribution in [0.5, 0.6) is 5.75 Å². The summed E-state index contributed by atoms with van der Waals surface area (Å²) in [6.07, 6.45) is 3.64. The van der Waals surface area contributed by atoms with Crippen LogP contribution in [0.3, 0.4) is 0 Å². The third-order valence-electron chi connectivity index (χ3n) is 1.83. The highest BCUT2D eigenvalue weighted by Gasteiger charge is 2.11. The Morgan fingerprint density at radius 2 is 2.33 bits per heavy atom. The van der Waals surface area contributed by atoms with Crippen molar-refractivity contribution < 1.29 is 10.0 Å². The van der Waals surface area contributed by atoms with Crippen LogP contribution in [-0.2, 0) is 0 Å². The van der Waals surface area contributed by atoms with Crippen LogP contribution in [0.25, 0.3) is 6.08 Å². The molecule has 0 unspecified atom stereocenters. The molecule has 0 aromatic heterocycles. The fraction of sp³-hybridized carbons (Fsp3) is 0.200. The van der Waals surface area contributed by atoms with Crippen molar-refractivity contribution in [1.29, 1.82) is 0 Å². The molecule has 15 heavy (non-hydrogen) atoms. The average Bonchev–Trinajstić information content (AvgIpc) is 2.17. The van der Waals surface area contributed by atoms with Crippen LogP contribution >= 0.6 is 0 Å². The van der Waals surface area contributed by atoms with Gasteiger partial charge in [-0.05, 0) is 24.7 Å². The third kappa shape index (κ3) is 3.07. The molecular weight excluding hydrogens is 196 g/mol. The minimum Gasteiger partial charge on any atom is -0.502 e. The lowest BCUT2D eigenvalue weighted by Gasteiger charge is -1.97. The van der Waals surface area contributed by atoms with Crippen LogP contribution in [0, 0.1) is 10.1 Å². The summed E-state index contributed by atoms with van der Waals surface area (Å²) < 4.78 is 0. The normalized spacial score (nSPS) is 10.7. The molecule has 0 fully saturated rings. The van der Waals surface area contributed by atoms with Gasteiger partial charge in [0.25, 0.3) is 0 Å². The number of nitrogens with zero attached hydrogens (tertiary/aromatic N) is 1. The number of phenolic OH excluding ortho intramolecular Hbond substituents is 1. The van der Waals surface area contributed by atoms with Crippen molar-refractivity contribution in [1.82, 2.24) is 5.32 Å². The predicted molar refractivity (Wildman–Crippen MR) is 57.7 cm³/mol. The lowest BCUT2D eigenvalue weighted by molar-refractivity contribution is -0.385. The highest BCUT2D eigenvalue weighted by molar-refractivity contribution is 5.57. The molecule has 5 heteroatoms. The second-order valence-corrected chi connectivity index (χ2v) is 2.97. The Morgan fingerprint density at radius 3 is 2.87 bits per heavy atom. The van der Waals surface area contributed by atoms with E-state index in [1.807, 2.05) is 13.1 Å². The van der Waals surface area contributed by atoms with Crippen LogP contribution < -0.4 is 5.32 Å². The van der Waals surface area contributed by atoms with Crippen LogP contribution in [0.1, 0.15) is 5.56 Å². The third-order valence-corrected chi connectivity index (χ3v) is 1.83. The van der Waals surface area contributed by atoms with E-state index < -0.39 is 4.92 Å². The van der Waals surface area contributed by atoms with E-state index >= 15 is 0 Å². The van der Waals surface area contributed by atoms with Gasteiger partial charge in [-0.25, -0.2) is 0 Å². The zero-order chi connectivity index (χ0) is 11.3. The van der Waals surface area contributed by atoms with Gasteiger partial charge in [0.15, 0.2) is 5.75 Å². The Bertz CT molecular complexity index is 388. The van der Waals surface area contributed by atoms with Crippen LogP contribution in [-0.4, -0.2) is 23.6 Å². The van der Waals surface area contributed by atoms with E-state index in [4.69, 9.17) is 0 Å². The molecular formula is C10H12N2O3. The molecule has 0 atom stereocenters. The van der Waals surface area contributed by atoms with Crippen LogP contribution in [0.2, 0.25) is 0 Å². The molecule has 0 amide bonds. The molecule has 2 N–H and O–H groups in total. The second-order valence-electron chi connectivity index (χ2n) is 2.97. The van der Waals surface area contributed by atoms with Gasteiger partial charge in [-0.3, -0.25) is 10.1 Å². The van der Waals surface area contributed by atoms with E-state index in [-0.39, 0.29) is 11.4 Å². The van der Waals surface area contributed by atoms with Crippen LogP contribution in [0.15, 0.2) is 24.3 Å². The summed E-state index contributed by atoms with van der Waals surface area (Å²) in [5.74, 6) is -0.313. The van der Waals surface area contributed by atoms with E-state index in [2.05, 4.69) is 5.32 Å². The topological polar surface area (TPSA) is 75.4 Å². The number of hydrogen-bond donors (Lipinski definition) is 2. The molecule has 0 bridgehead atoms. The van der Waals surface area contributed by atoms with Crippen molar-refractivity contribution in [2.75, 3.05) is 13.6 Å². The number of rotatable bonds is 4. The molecule has 0 aliphatic carbocycles. The maximum absolute atomic E-state index is 10.4. The monoisotopic (exact) mass is 208 g/mol. The van der Waals surface area contributed by atoms with Crippen molar-refractivity contribution in [2.24, 2.45) is 0 Å². The summed E-state index contributed by atoms with van der Waals surface area (Å²) in [5, 5.41) is 22.7. The smallest absolute Gasteiger partial charge is 0.310 e. The molecule has 0 spiro atoms. The minimum absolute atomic E-state index is 0.277. The average molecular weight is 208 g/mol. The SMILES string of the molecule is CNCC=Cc1ccc([N+](=O)[O-])c(O)c1. The van der Waals surface area contributed by atoms with Gasteiger partial charge in [-0.1, -0.05) is 12.2 Å². The molecule has 80 valence electrons. The molecule has 0 aliphatic heterocycles. The Balaban J connectivity index is 2.87. The van der Waals surface area contributed by atoms with Gasteiger partial charge in [0.05, 0.1) is 4.92 Å². The quantitative estimate of drug-likeness (QED) is 0.581. The predicted octanol–water partition coefficient (Wildman–Crippen LogP) is 1.53. The van der Waals surface area contributed by atoms with Gasteiger partial charge in [-0.15, -0.1) is 0 Å². The molecule has 0 heterocycles. The van der Waals surface area contributed by atoms with Gasteiger partial charge < -0.3 is 10.4 Å². The summed E-state index contributed by atoms with van der Waals surface area (Å²) in [6.45, 7) is 0.706. The van der Waals surface area contributed by atoms with E-state index in [1.165, 1.54) is 12.1 Å². The Kier molecular flexibility index (Phi) is 3.82. The molecule has 5 nitrogen and oxygen atoms in total. The number of nitro groups is 1. The van der Waals surface area contributed by atoms with Gasteiger partial charge >= 0.3 is 5.69 Å². The van der Waals surface area contributed by atoms with Gasteiger partial charge in [-0.2, -0.15) is 0 Å². The molecule has 0 saturated carbocycles. The number of nitro benzene ring substituents is 1. The molecule has 0 aliphatic rings. The lowest BCUT2D eigenvalue weighted by Crippen LogP contribution is -2.03. The first kappa shape index (κ1) is 11.2. The van der Waals surface area contributed by atoms with Gasteiger partial charge in [0, 0.05) is 12.6 Å². The number of phenols is 1. The molecule has 0 radical (unpaired) electrons. The first-order chi connectivity index (χ1) is 7.15. The zero-order valence-electron chi connectivity index (χ0n) is 8.30. The minimum atomic E-state index is -0.615.